The highest BCUT2D eigenvalue weighted by Crippen LogP contribution is 2.49. The van der Waals surface area contributed by atoms with Gasteiger partial charge in [-0.05, 0) is 25.0 Å². The first-order valence-corrected chi connectivity index (χ1v) is 8.45. The molecule has 1 saturated carbocycles. The number of anilines is 1. The summed E-state index contributed by atoms with van der Waals surface area (Å²) < 4.78 is 0. The molecule has 0 bridgehead atoms. The van der Waals surface area contributed by atoms with Crippen molar-refractivity contribution in [2.75, 3.05) is 25.5 Å². The van der Waals surface area contributed by atoms with E-state index in [2.05, 4.69) is 10.6 Å². The van der Waals surface area contributed by atoms with Crippen LogP contribution < -0.4 is 10.6 Å². The topological polar surface area (TPSA) is 61.4 Å². The van der Waals surface area contributed by atoms with Crippen LogP contribution in [0, 0.1) is 11.3 Å². The van der Waals surface area contributed by atoms with Gasteiger partial charge in [-0.3, -0.25) is 4.79 Å². The molecule has 3 amide bonds. The molecule has 0 radical (unpaired) electrons. The molecular weight excluding hydrogens is 314 g/mol. The van der Waals surface area contributed by atoms with Crippen molar-refractivity contribution in [3.63, 3.8) is 0 Å². The van der Waals surface area contributed by atoms with Crippen LogP contribution >= 0.6 is 11.6 Å². The number of halogens is 1. The zero-order valence-corrected chi connectivity index (χ0v) is 14.0. The van der Waals surface area contributed by atoms with Gasteiger partial charge in [0.25, 0.3) is 0 Å². The van der Waals surface area contributed by atoms with Gasteiger partial charge >= 0.3 is 6.03 Å². The minimum atomic E-state index is -0.184. The number of likely N-dealkylation sites (tertiary alicyclic amines) is 1. The van der Waals surface area contributed by atoms with E-state index in [9.17, 15) is 9.59 Å². The molecule has 1 aromatic rings. The smallest absolute Gasteiger partial charge is 0.321 e. The quantitative estimate of drug-likeness (QED) is 0.872. The molecule has 3 rings (SSSR count). The van der Waals surface area contributed by atoms with E-state index in [1.165, 1.54) is 0 Å². The third-order valence-corrected chi connectivity index (χ3v) is 5.54. The van der Waals surface area contributed by atoms with E-state index in [-0.39, 0.29) is 23.3 Å². The second kappa shape index (κ2) is 6.40. The average Bonchev–Trinajstić information content (AvgIpc) is 3.17. The second-order valence-corrected chi connectivity index (χ2v) is 6.93. The van der Waals surface area contributed by atoms with E-state index in [0.29, 0.717) is 23.8 Å². The summed E-state index contributed by atoms with van der Waals surface area (Å²) in [6, 6.07) is 6.99. The zero-order valence-electron chi connectivity index (χ0n) is 13.3. The minimum absolute atomic E-state index is 0.0416. The molecule has 0 aromatic heterocycles. The molecule has 1 unspecified atom stereocenters. The second-order valence-electron chi connectivity index (χ2n) is 6.53. The number of carbonyl (C=O) groups is 2. The Morgan fingerprint density at radius 3 is 2.61 bits per heavy atom. The molecule has 1 heterocycles. The predicted octanol–water partition coefficient (Wildman–Crippen LogP) is 3.11. The van der Waals surface area contributed by atoms with Gasteiger partial charge in [-0.1, -0.05) is 36.6 Å². The number of para-hydroxylation sites is 1. The van der Waals surface area contributed by atoms with Crippen LogP contribution in [-0.4, -0.2) is 37.0 Å². The number of benzene rings is 1. The van der Waals surface area contributed by atoms with Gasteiger partial charge in [-0.15, -0.1) is 0 Å². The molecular formula is C17H22ClN3O2. The van der Waals surface area contributed by atoms with E-state index < -0.39 is 0 Å². The van der Waals surface area contributed by atoms with Crippen LogP contribution in [0.5, 0.6) is 0 Å². The molecule has 5 nitrogen and oxygen atoms in total. The lowest BCUT2D eigenvalue weighted by Crippen LogP contribution is -2.38. The van der Waals surface area contributed by atoms with Gasteiger partial charge in [-0.25, -0.2) is 4.79 Å². The Balaban J connectivity index is 1.75. The fourth-order valence-electron chi connectivity index (χ4n) is 4.00. The maximum atomic E-state index is 12.6. The van der Waals surface area contributed by atoms with E-state index in [1.807, 2.05) is 12.1 Å². The molecule has 23 heavy (non-hydrogen) atoms. The number of urea groups is 1. The monoisotopic (exact) mass is 335 g/mol. The van der Waals surface area contributed by atoms with Crippen molar-refractivity contribution >= 4 is 29.2 Å². The summed E-state index contributed by atoms with van der Waals surface area (Å²) in [4.78, 5) is 26.6. The Labute approximate surface area is 141 Å². The number of rotatable bonds is 2. The van der Waals surface area contributed by atoms with Crippen LogP contribution in [-0.2, 0) is 4.79 Å². The molecule has 1 aliphatic carbocycles. The summed E-state index contributed by atoms with van der Waals surface area (Å²) in [5.74, 6) is -0.0769. The Morgan fingerprint density at radius 2 is 1.96 bits per heavy atom. The summed E-state index contributed by atoms with van der Waals surface area (Å²) in [6.07, 6.45) is 4.29. The minimum Gasteiger partial charge on any atom is -0.359 e. The molecule has 2 N–H and O–H groups in total. The number of carbonyl (C=O) groups excluding carboxylic acids is 2. The van der Waals surface area contributed by atoms with Crippen LogP contribution in [0.4, 0.5) is 10.5 Å². The van der Waals surface area contributed by atoms with Crippen molar-refractivity contribution in [1.82, 2.24) is 10.2 Å². The van der Waals surface area contributed by atoms with Crippen LogP contribution in [0.3, 0.4) is 0 Å². The van der Waals surface area contributed by atoms with Gasteiger partial charge in [-0.2, -0.15) is 0 Å². The summed E-state index contributed by atoms with van der Waals surface area (Å²) in [5, 5.41) is 6.13. The van der Waals surface area contributed by atoms with E-state index in [4.69, 9.17) is 11.6 Å². The Kier molecular flexibility index (Phi) is 4.48. The van der Waals surface area contributed by atoms with Crippen LogP contribution in [0.1, 0.15) is 25.7 Å². The molecule has 2 fully saturated rings. The van der Waals surface area contributed by atoms with Crippen molar-refractivity contribution in [3.05, 3.63) is 29.3 Å². The lowest BCUT2D eigenvalue weighted by molar-refractivity contribution is -0.127. The molecule has 6 heteroatoms. The number of hydrogen-bond acceptors (Lipinski definition) is 2. The summed E-state index contributed by atoms with van der Waals surface area (Å²) >= 11 is 6.10. The highest BCUT2D eigenvalue weighted by molar-refractivity contribution is 6.33. The van der Waals surface area contributed by atoms with Crippen molar-refractivity contribution in [1.29, 1.82) is 0 Å². The average molecular weight is 336 g/mol. The molecule has 1 aromatic carbocycles. The molecule has 1 saturated heterocycles. The molecule has 1 atom stereocenters. The van der Waals surface area contributed by atoms with Gasteiger partial charge in [0.05, 0.1) is 16.6 Å². The van der Waals surface area contributed by atoms with Crippen LogP contribution in [0.15, 0.2) is 24.3 Å². The van der Waals surface area contributed by atoms with Crippen molar-refractivity contribution in [3.8, 4) is 0 Å². The summed E-state index contributed by atoms with van der Waals surface area (Å²) in [6.45, 7) is 1.11. The first-order chi connectivity index (χ1) is 11.1. The van der Waals surface area contributed by atoms with E-state index in [1.54, 1.807) is 24.1 Å². The zero-order chi connectivity index (χ0) is 16.4. The first-order valence-electron chi connectivity index (χ1n) is 8.08. The Morgan fingerprint density at radius 1 is 1.26 bits per heavy atom. The van der Waals surface area contributed by atoms with E-state index in [0.717, 1.165) is 25.7 Å². The van der Waals surface area contributed by atoms with Gasteiger partial charge in [0, 0.05) is 25.6 Å². The fraction of sp³-hybridized carbons (Fsp3) is 0.529. The van der Waals surface area contributed by atoms with Crippen LogP contribution in [0.25, 0.3) is 0 Å². The molecule has 1 aliphatic heterocycles. The number of nitrogens with zero attached hydrogens (tertiary/aromatic N) is 1. The van der Waals surface area contributed by atoms with Crippen molar-refractivity contribution in [2.24, 2.45) is 11.3 Å². The molecule has 124 valence electrons. The van der Waals surface area contributed by atoms with Gasteiger partial charge in [0.1, 0.15) is 0 Å². The highest BCUT2D eigenvalue weighted by atomic mass is 35.5. The summed E-state index contributed by atoms with van der Waals surface area (Å²) in [7, 11) is 1.66. The fourth-order valence-corrected chi connectivity index (χ4v) is 4.18. The lowest BCUT2D eigenvalue weighted by atomic mass is 9.76. The Hall–Kier alpha value is -1.75. The van der Waals surface area contributed by atoms with Crippen molar-refractivity contribution < 1.29 is 9.59 Å². The van der Waals surface area contributed by atoms with Crippen LogP contribution in [0.2, 0.25) is 5.02 Å². The Bertz CT molecular complexity index is 614. The lowest BCUT2D eigenvalue weighted by Gasteiger charge is -2.28. The maximum Gasteiger partial charge on any atom is 0.321 e. The third-order valence-electron chi connectivity index (χ3n) is 5.21. The number of amides is 3. The van der Waals surface area contributed by atoms with Gasteiger partial charge < -0.3 is 15.5 Å². The SMILES string of the molecule is CNC(=O)C1CN(C(=O)Nc2ccccc2Cl)CC12CCCC2. The molecule has 2 aliphatic rings. The maximum absolute atomic E-state index is 12.6. The van der Waals surface area contributed by atoms with Crippen molar-refractivity contribution in [2.45, 2.75) is 25.7 Å². The van der Waals surface area contributed by atoms with Gasteiger partial charge in [0.15, 0.2) is 0 Å². The largest absolute Gasteiger partial charge is 0.359 e. The predicted molar refractivity (Wildman–Crippen MR) is 90.5 cm³/mol. The number of hydrogen-bond donors (Lipinski definition) is 2. The van der Waals surface area contributed by atoms with E-state index >= 15 is 0 Å². The first kappa shape index (κ1) is 16.1. The molecule has 1 spiro atoms. The highest BCUT2D eigenvalue weighted by Gasteiger charge is 2.52. The normalized spacial score (nSPS) is 22.3. The standard InChI is InChI=1S/C17H22ClN3O2/c1-19-15(22)12-10-21(11-17(12)8-4-5-9-17)16(23)20-14-7-3-2-6-13(14)18/h2-3,6-7,12H,4-5,8-11H2,1H3,(H,19,22)(H,20,23). The third kappa shape index (κ3) is 3.02. The number of nitrogens with one attached hydrogen (secondary N) is 2. The van der Waals surface area contributed by atoms with Gasteiger partial charge in [0.2, 0.25) is 5.91 Å². The summed E-state index contributed by atoms with van der Waals surface area (Å²) in [5.41, 5.74) is 0.542.